The molecule has 5 heteroatoms. The standard InChI is InChI=1S/C10H14N4O/c1-10(2)5-12-9(13-6-10)7-3-11-4-8(15)14-7/h3-4H,5-6H2,1-2H3,(H,12,13)(H,14,15). The Morgan fingerprint density at radius 2 is 2.20 bits per heavy atom. The highest BCUT2D eigenvalue weighted by molar-refractivity contribution is 5.97. The Labute approximate surface area is 87.7 Å². The van der Waals surface area contributed by atoms with E-state index in [0.717, 1.165) is 18.9 Å². The highest BCUT2D eigenvalue weighted by Gasteiger charge is 2.23. The Morgan fingerprint density at radius 3 is 2.80 bits per heavy atom. The van der Waals surface area contributed by atoms with E-state index < -0.39 is 0 Å². The van der Waals surface area contributed by atoms with E-state index >= 15 is 0 Å². The predicted octanol–water partition coefficient (Wildman–Crippen LogP) is 0.146. The molecule has 0 aliphatic carbocycles. The number of amidine groups is 1. The van der Waals surface area contributed by atoms with Crippen LogP contribution in [0, 0.1) is 5.41 Å². The second-order valence-electron chi connectivity index (χ2n) is 4.49. The fourth-order valence-electron chi connectivity index (χ4n) is 1.41. The van der Waals surface area contributed by atoms with Gasteiger partial charge in [0, 0.05) is 18.5 Å². The number of H-pyrrole nitrogens is 1. The van der Waals surface area contributed by atoms with Gasteiger partial charge in [0.25, 0.3) is 5.56 Å². The largest absolute Gasteiger partial charge is 0.368 e. The van der Waals surface area contributed by atoms with Crippen molar-refractivity contribution in [3.8, 4) is 0 Å². The van der Waals surface area contributed by atoms with Crippen LogP contribution in [0.2, 0.25) is 0 Å². The highest BCUT2D eigenvalue weighted by Crippen LogP contribution is 2.17. The molecule has 0 amide bonds. The summed E-state index contributed by atoms with van der Waals surface area (Å²) in [4.78, 5) is 22.0. The maximum Gasteiger partial charge on any atom is 0.266 e. The molecule has 5 nitrogen and oxygen atoms in total. The molecule has 0 bridgehead atoms. The molecule has 1 aliphatic rings. The maximum absolute atomic E-state index is 11.1. The summed E-state index contributed by atoms with van der Waals surface area (Å²) in [7, 11) is 0. The Hall–Kier alpha value is -1.65. The first-order valence-corrected chi connectivity index (χ1v) is 4.90. The van der Waals surface area contributed by atoms with Gasteiger partial charge < -0.3 is 10.3 Å². The molecule has 0 atom stereocenters. The number of nitrogens with zero attached hydrogens (tertiary/aromatic N) is 2. The first-order chi connectivity index (χ1) is 7.07. The fourth-order valence-corrected chi connectivity index (χ4v) is 1.41. The Bertz CT molecular complexity index is 447. The second kappa shape index (κ2) is 3.49. The van der Waals surface area contributed by atoms with Crippen molar-refractivity contribution >= 4 is 5.84 Å². The topological polar surface area (TPSA) is 70.1 Å². The van der Waals surface area contributed by atoms with Crippen molar-refractivity contribution in [1.29, 1.82) is 0 Å². The van der Waals surface area contributed by atoms with Crippen LogP contribution in [0.3, 0.4) is 0 Å². The average molecular weight is 206 g/mol. The molecule has 0 saturated carbocycles. The van der Waals surface area contributed by atoms with Crippen LogP contribution in [0.25, 0.3) is 0 Å². The van der Waals surface area contributed by atoms with Crippen molar-refractivity contribution in [1.82, 2.24) is 15.3 Å². The van der Waals surface area contributed by atoms with Crippen LogP contribution in [-0.4, -0.2) is 28.9 Å². The van der Waals surface area contributed by atoms with E-state index in [4.69, 9.17) is 0 Å². The van der Waals surface area contributed by atoms with Gasteiger partial charge in [-0.3, -0.25) is 14.8 Å². The van der Waals surface area contributed by atoms with Crippen LogP contribution in [0.1, 0.15) is 19.5 Å². The van der Waals surface area contributed by atoms with Crippen molar-refractivity contribution < 1.29 is 0 Å². The lowest BCUT2D eigenvalue weighted by molar-refractivity contribution is 0.362. The number of aromatic amines is 1. The average Bonchev–Trinajstić information content (AvgIpc) is 2.17. The van der Waals surface area contributed by atoms with Gasteiger partial charge in [-0.1, -0.05) is 13.8 Å². The lowest BCUT2D eigenvalue weighted by Crippen LogP contribution is -2.42. The normalized spacial score (nSPS) is 19.2. The molecule has 1 aromatic rings. The summed E-state index contributed by atoms with van der Waals surface area (Å²) < 4.78 is 0. The summed E-state index contributed by atoms with van der Waals surface area (Å²) in [5.74, 6) is 0.722. The van der Waals surface area contributed by atoms with Crippen LogP contribution >= 0.6 is 0 Å². The first kappa shape index (κ1) is 9.89. The van der Waals surface area contributed by atoms with Crippen LogP contribution < -0.4 is 10.9 Å². The smallest absolute Gasteiger partial charge is 0.266 e. The molecule has 0 radical (unpaired) electrons. The van der Waals surface area contributed by atoms with Gasteiger partial charge in [-0.2, -0.15) is 0 Å². The van der Waals surface area contributed by atoms with E-state index in [1.54, 1.807) is 6.20 Å². The molecule has 0 aromatic carbocycles. The SMILES string of the molecule is CC1(C)CN=C(c2cncc(=O)[nH]2)NC1. The summed E-state index contributed by atoms with van der Waals surface area (Å²) in [6.07, 6.45) is 2.85. The van der Waals surface area contributed by atoms with Gasteiger partial charge in [-0.15, -0.1) is 0 Å². The zero-order valence-corrected chi connectivity index (χ0v) is 8.87. The number of aliphatic imine (C=N–C) groups is 1. The Kier molecular flexibility index (Phi) is 2.30. The lowest BCUT2D eigenvalue weighted by Gasteiger charge is -2.28. The molecule has 1 aromatic heterocycles. The quantitative estimate of drug-likeness (QED) is 0.687. The molecule has 1 aliphatic heterocycles. The van der Waals surface area contributed by atoms with E-state index in [1.807, 2.05) is 0 Å². The third-order valence-corrected chi connectivity index (χ3v) is 2.31. The van der Waals surface area contributed by atoms with Crippen molar-refractivity contribution in [3.63, 3.8) is 0 Å². The van der Waals surface area contributed by atoms with Crippen molar-refractivity contribution in [2.24, 2.45) is 10.4 Å². The molecule has 0 fully saturated rings. The molecule has 15 heavy (non-hydrogen) atoms. The van der Waals surface area contributed by atoms with Gasteiger partial charge in [0.15, 0.2) is 0 Å². The number of hydrogen-bond acceptors (Lipinski definition) is 4. The van der Waals surface area contributed by atoms with E-state index in [2.05, 4.69) is 34.1 Å². The number of aromatic nitrogens is 2. The lowest BCUT2D eigenvalue weighted by atomic mass is 9.92. The Morgan fingerprint density at radius 1 is 1.40 bits per heavy atom. The number of rotatable bonds is 1. The molecule has 0 spiro atoms. The first-order valence-electron chi connectivity index (χ1n) is 4.90. The minimum absolute atomic E-state index is 0.173. The van der Waals surface area contributed by atoms with E-state index in [1.165, 1.54) is 6.20 Å². The minimum Gasteiger partial charge on any atom is -0.368 e. The molecule has 2 heterocycles. The molecule has 80 valence electrons. The van der Waals surface area contributed by atoms with Crippen molar-refractivity contribution in [2.75, 3.05) is 13.1 Å². The molecule has 2 N–H and O–H groups in total. The summed E-state index contributed by atoms with van der Waals surface area (Å²) in [5, 5.41) is 3.19. The predicted molar refractivity (Wildman–Crippen MR) is 58.0 cm³/mol. The third kappa shape index (κ3) is 2.23. The zero-order chi connectivity index (χ0) is 10.9. The molecular weight excluding hydrogens is 192 g/mol. The van der Waals surface area contributed by atoms with Gasteiger partial charge in [0.05, 0.1) is 12.4 Å². The molecular formula is C10H14N4O. The fraction of sp³-hybridized carbons (Fsp3) is 0.500. The van der Waals surface area contributed by atoms with E-state index in [-0.39, 0.29) is 11.0 Å². The monoisotopic (exact) mass is 206 g/mol. The molecule has 2 rings (SSSR count). The van der Waals surface area contributed by atoms with Crippen LogP contribution in [-0.2, 0) is 0 Å². The van der Waals surface area contributed by atoms with Gasteiger partial charge in [0.2, 0.25) is 0 Å². The maximum atomic E-state index is 11.1. The summed E-state index contributed by atoms with van der Waals surface area (Å²) in [6, 6.07) is 0. The minimum atomic E-state index is -0.207. The summed E-state index contributed by atoms with van der Waals surface area (Å²) >= 11 is 0. The third-order valence-electron chi connectivity index (χ3n) is 2.31. The Balaban J connectivity index is 2.27. The number of hydrogen-bond donors (Lipinski definition) is 2. The van der Waals surface area contributed by atoms with Gasteiger partial charge in [-0.25, -0.2) is 0 Å². The van der Waals surface area contributed by atoms with Gasteiger partial charge in [-0.05, 0) is 0 Å². The van der Waals surface area contributed by atoms with Gasteiger partial charge in [0.1, 0.15) is 11.5 Å². The van der Waals surface area contributed by atoms with E-state index in [0.29, 0.717) is 5.69 Å². The van der Waals surface area contributed by atoms with Crippen molar-refractivity contribution in [3.05, 3.63) is 28.4 Å². The van der Waals surface area contributed by atoms with Gasteiger partial charge >= 0.3 is 0 Å². The summed E-state index contributed by atoms with van der Waals surface area (Å²) in [5.41, 5.74) is 0.617. The van der Waals surface area contributed by atoms with Crippen LogP contribution in [0.4, 0.5) is 0 Å². The number of nitrogens with one attached hydrogen (secondary N) is 2. The zero-order valence-electron chi connectivity index (χ0n) is 8.87. The van der Waals surface area contributed by atoms with E-state index in [9.17, 15) is 4.79 Å². The summed E-state index contributed by atoms with van der Waals surface area (Å²) in [6.45, 7) is 5.90. The highest BCUT2D eigenvalue weighted by atomic mass is 16.1. The second-order valence-corrected chi connectivity index (χ2v) is 4.49. The van der Waals surface area contributed by atoms with Crippen molar-refractivity contribution in [2.45, 2.75) is 13.8 Å². The molecule has 0 saturated heterocycles. The van der Waals surface area contributed by atoms with Crippen LogP contribution in [0.15, 0.2) is 22.2 Å². The molecule has 0 unspecified atom stereocenters. The van der Waals surface area contributed by atoms with Crippen LogP contribution in [0.5, 0.6) is 0 Å².